The van der Waals surface area contributed by atoms with E-state index in [4.69, 9.17) is 18.6 Å². The molecule has 0 saturated heterocycles. The molecule has 0 aliphatic carbocycles. The van der Waals surface area contributed by atoms with Gasteiger partial charge in [-0.3, -0.25) is 4.21 Å². The van der Waals surface area contributed by atoms with Gasteiger partial charge < -0.3 is 24.4 Å². The van der Waals surface area contributed by atoms with E-state index in [2.05, 4.69) is 26.5 Å². The number of benzene rings is 4. The molecular weight excluding hydrogens is 449 g/mol. The Kier molecular flexibility index (Phi) is 6.47. The van der Waals surface area contributed by atoms with E-state index in [9.17, 15) is 4.21 Å². The molecule has 0 amide bonds. The van der Waals surface area contributed by atoms with Crippen LogP contribution in [0.2, 0.25) is 0 Å². The first-order valence-electron chi connectivity index (χ1n) is 11.1. The maximum atomic E-state index is 9.56. The predicted molar refractivity (Wildman–Crippen MR) is 139 cm³/mol. The summed E-state index contributed by atoms with van der Waals surface area (Å²) in [4.78, 5) is 0. The second-order valence-corrected chi connectivity index (χ2v) is 11.1. The fourth-order valence-corrected chi connectivity index (χ4v) is 3.53. The summed E-state index contributed by atoms with van der Waals surface area (Å²) in [6.45, 7) is 3.88. The van der Waals surface area contributed by atoms with Crippen LogP contribution in [0.1, 0.15) is 20.8 Å². The molecule has 0 aromatic heterocycles. The molecule has 178 valence electrons. The summed E-state index contributed by atoms with van der Waals surface area (Å²) in [6.07, 6.45) is 3.28. The molecule has 0 saturated carbocycles. The van der Waals surface area contributed by atoms with E-state index in [1.807, 2.05) is 72.8 Å². The number of fused-ring (bicyclic) bond motifs is 4. The van der Waals surface area contributed by atoms with Crippen LogP contribution in [0.3, 0.4) is 0 Å². The lowest BCUT2D eigenvalue weighted by molar-refractivity contribution is -0.458. The molecule has 6 nitrogen and oxygen atoms in total. The highest BCUT2D eigenvalue weighted by atomic mass is 32.2. The second kappa shape index (κ2) is 9.20. The minimum absolute atomic E-state index is 0.250. The molecule has 0 unspecified atom stereocenters. The van der Waals surface area contributed by atoms with Gasteiger partial charge in [0.2, 0.25) is 0 Å². The van der Waals surface area contributed by atoms with Crippen molar-refractivity contribution in [1.29, 1.82) is 0 Å². The third-order valence-electron chi connectivity index (χ3n) is 4.71. The van der Waals surface area contributed by atoms with Crippen molar-refractivity contribution in [1.82, 2.24) is 0 Å². The SMILES string of the molecule is CC(C)(C)[NH3+].CS(C)=O.c1ccc2cc3c(cc2c1)O[B-]1(O3)Oc2cc3ccccc3cc2O1. The second-order valence-electron chi connectivity index (χ2n) is 9.64. The average molecular weight is 479 g/mol. The first-order valence-corrected chi connectivity index (χ1v) is 13.0. The summed E-state index contributed by atoms with van der Waals surface area (Å²) in [5.74, 6) is 2.54. The quantitative estimate of drug-likeness (QED) is 0.370. The smallest absolute Gasteiger partial charge is 0.609 e. The van der Waals surface area contributed by atoms with Crippen molar-refractivity contribution >= 4 is 39.3 Å². The summed E-state index contributed by atoms with van der Waals surface area (Å²) >= 11 is 0. The standard InChI is InChI=1S/C20H12BO4.C4H11N.C2H6OS/c1-2-6-14-10-18-17(9-13(14)5-1)22-21(23-18)24-19-11-15-7-3-4-8-16(15)12-20(19)25-21;1-4(2,3)5;1-4(2)3/h1-12H;5H2,1-3H3;1-2H3/q-1;;/p+1. The highest BCUT2D eigenvalue weighted by molar-refractivity contribution is 7.83. The lowest BCUT2D eigenvalue weighted by Gasteiger charge is -2.27. The van der Waals surface area contributed by atoms with Crippen molar-refractivity contribution in [2.45, 2.75) is 26.3 Å². The lowest BCUT2D eigenvalue weighted by atomic mass is 10.1. The highest BCUT2D eigenvalue weighted by Gasteiger charge is 2.51. The number of hydrogen-bond acceptors (Lipinski definition) is 5. The fourth-order valence-electron chi connectivity index (χ4n) is 3.53. The summed E-state index contributed by atoms with van der Waals surface area (Å²) in [6, 6.07) is 23.9. The molecule has 0 atom stereocenters. The van der Waals surface area contributed by atoms with Crippen LogP contribution in [0.15, 0.2) is 72.8 Å². The Morgan fingerprint density at radius 1 is 0.647 bits per heavy atom. The number of quaternary nitrogens is 1. The normalized spacial score (nSPS) is 14.6. The Labute approximate surface area is 202 Å². The molecule has 34 heavy (non-hydrogen) atoms. The molecule has 4 aromatic carbocycles. The number of hydrogen-bond donors (Lipinski definition) is 1. The van der Waals surface area contributed by atoms with Gasteiger partial charge >= 0.3 is 6.96 Å². The van der Waals surface area contributed by atoms with Crippen LogP contribution in [0.5, 0.6) is 23.0 Å². The largest absolute Gasteiger partial charge is 0.777 e. The zero-order valence-electron chi connectivity index (χ0n) is 20.2. The zero-order valence-corrected chi connectivity index (χ0v) is 21.0. The van der Waals surface area contributed by atoms with E-state index in [-0.39, 0.29) is 5.54 Å². The van der Waals surface area contributed by atoms with Crippen molar-refractivity contribution in [3.63, 3.8) is 0 Å². The van der Waals surface area contributed by atoms with Crippen molar-refractivity contribution in [3.8, 4) is 23.0 Å². The van der Waals surface area contributed by atoms with E-state index in [0.29, 0.717) is 23.0 Å². The molecule has 2 aliphatic rings. The molecule has 1 spiro atoms. The lowest BCUT2D eigenvalue weighted by Crippen LogP contribution is -2.67. The Morgan fingerprint density at radius 2 is 0.853 bits per heavy atom. The molecule has 2 aliphatic heterocycles. The summed E-state index contributed by atoms with van der Waals surface area (Å²) < 4.78 is 33.4. The van der Waals surface area contributed by atoms with Crippen LogP contribution in [0.25, 0.3) is 21.5 Å². The van der Waals surface area contributed by atoms with Crippen LogP contribution < -0.4 is 24.4 Å². The first-order chi connectivity index (χ1) is 16.0. The highest BCUT2D eigenvalue weighted by Crippen LogP contribution is 2.47. The maximum absolute atomic E-state index is 9.56. The molecule has 8 heteroatoms. The molecule has 2 heterocycles. The van der Waals surface area contributed by atoms with Crippen molar-refractivity contribution < 1.29 is 28.6 Å². The summed E-state index contributed by atoms with van der Waals surface area (Å²) in [5, 5.41) is 4.33. The van der Waals surface area contributed by atoms with Gasteiger partial charge in [-0.25, -0.2) is 0 Å². The van der Waals surface area contributed by atoms with Crippen molar-refractivity contribution in [2.75, 3.05) is 12.5 Å². The monoisotopic (exact) mass is 479 g/mol. The average Bonchev–Trinajstić information content (AvgIpc) is 3.25. The van der Waals surface area contributed by atoms with E-state index in [0.717, 1.165) is 21.5 Å². The van der Waals surface area contributed by atoms with Crippen LogP contribution in [0.4, 0.5) is 0 Å². The van der Waals surface area contributed by atoms with E-state index in [1.54, 1.807) is 12.5 Å². The van der Waals surface area contributed by atoms with E-state index in [1.165, 1.54) is 0 Å². The molecule has 3 N–H and O–H groups in total. The molecule has 0 bridgehead atoms. The van der Waals surface area contributed by atoms with Gasteiger partial charge in [-0.15, -0.1) is 0 Å². The van der Waals surface area contributed by atoms with Crippen LogP contribution in [-0.4, -0.2) is 29.2 Å². The third-order valence-corrected chi connectivity index (χ3v) is 4.71. The van der Waals surface area contributed by atoms with Gasteiger partial charge in [0.15, 0.2) is 0 Å². The Morgan fingerprint density at radius 3 is 1.06 bits per heavy atom. The molecule has 0 fully saturated rings. The van der Waals surface area contributed by atoms with E-state index < -0.39 is 17.8 Å². The van der Waals surface area contributed by atoms with Crippen LogP contribution in [0, 0.1) is 0 Å². The van der Waals surface area contributed by atoms with Gasteiger partial charge in [0, 0.05) is 23.3 Å². The minimum Gasteiger partial charge on any atom is -0.609 e. The van der Waals surface area contributed by atoms with Gasteiger partial charge in [0.25, 0.3) is 0 Å². The van der Waals surface area contributed by atoms with Crippen molar-refractivity contribution in [2.24, 2.45) is 0 Å². The first kappa shape index (κ1) is 23.9. The van der Waals surface area contributed by atoms with Gasteiger partial charge in [0.05, 0.1) is 5.54 Å². The Hall–Kier alpha value is -3.23. The van der Waals surface area contributed by atoms with Gasteiger partial charge in [-0.2, -0.15) is 0 Å². The Bertz CT molecular complexity index is 1170. The topological polar surface area (TPSA) is 81.6 Å². The van der Waals surface area contributed by atoms with Crippen LogP contribution >= 0.6 is 0 Å². The molecule has 0 radical (unpaired) electrons. The van der Waals surface area contributed by atoms with Gasteiger partial charge in [-0.05, 0) is 66.6 Å². The summed E-state index contributed by atoms with van der Waals surface area (Å²) in [7, 11) is -0.611. The van der Waals surface area contributed by atoms with Crippen LogP contribution in [-0.2, 0) is 10.8 Å². The maximum Gasteiger partial charge on any atom is 0.777 e. The third kappa shape index (κ3) is 5.63. The van der Waals surface area contributed by atoms with Gasteiger partial charge in [-0.1, -0.05) is 48.5 Å². The summed E-state index contributed by atoms with van der Waals surface area (Å²) in [5.41, 5.74) is 4.02. The zero-order chi connectivity index (χ0) is 24.5. The minimum atomic E-state index is -2.35. The molecular formula is C26H30BNO5S. The van der Waals surface area contributed by atoms with E-state index >= 15 is 0 Å². The molecule has 6 rings (SSSR count). The predicted octanol–water partition coefficient (Wildman–Crippen LogP) is 4.69. The molecule has 4 aromatic rings. The van der Waals surface area contributed by atoms with Gasteiger partial charge in [0.1, 0.15) is 23.0 Å². The fraction of sp³-hybridized carbons (Fsp3) is 0.231. The Balaban J connectivity index is 0.000000264. The number of rotatable bonds is 0. The van der Waals surface area contributed by atoms with Crippen molar-refractivity contribution in [3.05, 3.63) is 72.8 Å².